The Balaban J connectivity index is 2.11. The van der Waals surface area contributed by atoms with Crippen LogP contribution in [-0.4, -0.2) is 22.6 Å². The Hall–Kier alpha value is -1.06. The second kappa shape index (κ2) is 6.15. The number of esters is 1. The van der Waals surface area contributed by atoms with Crippen LogP contribution in [0.2, 0.25) is 0 Å². The third kappa shape index (κ3) is 2.84. The van der Waals surface area contributed by atoms with Crippen LogP contribution in [-0.2, 0) is 14.3 Å². The number of hydrogen-bond acceptors (Lipinski definition) is 3. The Bertz CT molecular complexity index is 379. The molecule has 2 saturated carbocycles. The molecule has 0 heterocycles. The van der Waals surface area contributed by atoms with Gasteiger partial charge in [0.1, 0.15) is 0 Å². The average molecular weight is 282 g/mol. The van der Waals surface area contributed by atoms with Crippen molar-refractivity contribution in [3.63, 3.8) is 0 Å². The fourth-order valence-corrected chi connectivity index (χ4v) is 3.75. The van der Waals surface area contributed by atoms with Gasteiger partial charge < -0.3 is 9.84 Å². The van der Waals surface area contributed by atoms with Crippen molar-refractivity contribution in [2.75, 3.05) is 0 Å². The molecule has 1 N–H and O–H groups in total. The highest BCUT2D eigenvalue weighted by Crippen LogP contribution is 2.39. The van der Waals surface area contributed by atoms with E-state index in [2.05, 4.69) is 6.92 Å². The Labute approximate surface area is 120 Å². The lowest BCUT2D eigenvalue weighted by atomic mass is 9.75. The first-order chi connectivity index (χ1) is 9.47. The summed E-state index contributed by atoms with van der Waals surface area (Å²) < 4.78 is 5.62. The minimum atomic E-state index is -1.29. The Kier molecular flexibility index (Phi) is 4.71. The van der Waals surface area contributed by atoms with Crippen LogP contribution < -0.4 is 0 Å². The molecule has 4 atom stereocenters. The van der Waals surface area contributed by atoms with Gasteiger partial charge in [-0.2, -0.15) is 0 Å². The van der Waals surface area contributed by atoms with Crippen LogP contribution in [0.1, 0.15) is 65.2 Å². The van der Waals surface area contributed by atoms with Gasteiger partial charge in [0.25, 0.3) is 0 Å². The molecule has 0 aliphatic heterocycles. The first-order valence-corrected chi connectivity index (χ1v) is 7.93. The van der Waals surface area contributed by atoms with Crippen molar-refractivity contribution >= 4 is 11.9 Å². The summed E-state index contributed by atoms with van der Waals surface area (Å²) in [6.07, 6.45) is 7.19. The number of rotatable bonds is 3. The molecule has 0 saturated heterocycles. The number of aliphatic carboxylic acids is 1. The number of carbonyl (C=O) groups excluding carboxylic acids is 1. The summed E-state index contributed by atoms with van der Waals surface area (Å²) in [4.78, 5) is 24.2. The van der Waals surface area contributed by atoms with Gasteiger partial charge in [-0.15, -0.1) is 0 Å². The summed E-state index contributed by atoms with van der Waals surface area (Å²) in [6, 6.07) is 0. The quantitative estimate of drug-likeness (QED) is 0.806. The van der Waals surface area contributed by atoms with E-state index >= 15 is 0 Å². The molecular weight excluding hydrogens is 256 g/mol. The molecule has 2 aliphatic carbocycles. The lowest BCUT2D eigenvalue weighted by Crippen LogP contribution is -2.51. The fraction of sp³-hybridized carbons (Fsp3) is 0.875. The van der Waals surface area contributed by atoms with Gasteiger partial charge in [0, 0.05) is 5.92 Å². The molecule has 4 unspecified atom stereocenters. The number of carboxylic acids is 1. The lowest BCUT2D eigenvalue weighted by molar-refractivity contribution is -0.194. The van der Waals surface area contributed by atoms with E-state index in [9.17, 15) is 14.7 Å². The maximum atomic E-state index is 12.4. The van der Waals surface area contributed by atoms with Crippen molar-refractivity contribution in [1.82, 2.24) is 0 Å². The molecule has 4 heteroatoms. The predicted molar refractivity (Wildman–Crippen MR) is 75.2 cm³/mol. The third-order valence-corrected chi connectivity index (χ3v) is 5.29. The number of hydrogen-bond donors (Lipinski definition) is 1. The van der Waals surface area contributed by atoms with Crippen molar-refractivity contribution in [1.29, 1.82) is 0 Å². The second-order valence-electron chi connectivity index (χ2n) is 6.63. The van der Waals surface area contributed by atoms with Gasteiger partial charge in [0.15, 0.2) is 0 Å². The van der Waals surface area contributed by atoms with Gasteiger partial charge >= 0.3 is 11.9 Å². The van der Waals surface area contributed by atoms with E-state index in [1.807, 2.05) is 6.92 Å². The lowest BCUT2D eigenvalue weighted by Gasteiger charge is -2.40. The highest BCUT2D eigenvalue weighted by molar-refractivity contribution is 5.83. The molecule has 4 nitrogen and oxygen atoms in total. The topological polar surface area (TPSA) is 63.6 Å². The number of carbonyl (C=O) groups is 2. The molecule has 2 aliphatic rings. The van der Waals surface area contributed by atoms with Gasteiger partial charge in [-0.05, 0) is 38.0 Å². The molecule has 20 heavy (non-hydrogen) atoms. The van der Waals surface area contributed by atoms with Crippen LogP contribution >= 0.6 is 0 Å². The minimum absolute atomic E-state index is 0.100. The van der Waals surface area contributed by atoms with E-state index in [1.54, 1.807) is 0 Å². The van der Waals surface area contributed by atoms with Crippen molar-refractivity contribution in [2.45, 2.75) is 70.8 Å². The standard InChI is InChI=1S/C16H26O4/c1-11-7-3-4-9-13(11)14(17)20-16(15(18)19)10-6-5-8-12(16)2/h11-13H,3-10H2,1-2H3,(H,18,19). The summed E-state index contributed by atoms with van der Waals surface area (Å²) in [5.74, 6) is -1.17. The van der Waals surface area contributed by atoms with E-state index in [0.29, 0.717) is 12.3 Å². The average Bonchev–Trinajstić information content (AvgIpc) is 2.41. The molecule has 2 fully saturated rings. The Morgan fingerprint density at radius 3 is 2.30 bits per heavy atom. The van der Waals surface area contributed by atoms with Crippen LogP contribution in [0.5, 0.6) is 0 Å². The van der Waals surface area contributed by atoms with Crippen LogP contribution in [0.25, 0.3) is 0 Å². The van der Waals surface area contributed by atoms with Crippen LogP contribution in [0.4, 0.5) is 0 Å². The maximum Gasteiger partial charge on any atom is 0.348 e. The predicted octanol–water partition coefficient (Wildman–Crippen LogP) is 3.39. The van der Waals surface area contributed by atoms with Gasteiger partial charge in [0.05, 0.1) is 5.92 Å². The molecule has 0 amide bonds. The van der Waals surface area contributed by atoms with Crippen LogP contribution in [0.15, 0.2) is 0 Å². The SMILES string of the molecule is CC1CCCCC1C(=O)OC1(C(=O)O)CCCCC1C. The van der Waals surface area contributed by atoms with Crippen molar-refractivity contribution in [2.24, 2.45) is 17.8 Å². The monoisotopic (exact) mass is 282 g/mol. The molecule has 114 valence electrons. The van der Waals surface area contributed by atoms with E-state index in [-0.39, 0.29) is 17.8 Å². The fourth-order valence-electron chi connectivity index (χ4n) is 3.75. The highest BCUT2D eigenvalue weighted by Gasteiger charge is 2.50. The highest BCUT2D eigenvalue weighted by atomic mass is 16.6. The number of carboxylic acid groups (broad SMARTS) is 1. The van der Waals surface area contributed by atoms with Crippen LogP contribution in [0, 0.1) is 17.8 Å². The summed E-state index contributed by atoms with van der Waals surface area (Å²) in [6.45, 7) is 3.97. The van der Waals surface area contributed by atoms with Crippen molar-refractivity contribution in [3.05, 3.63) is 0 Å². The molecule has 2 rings (SSSR count). The Morgan fingerprint density at radius 1 is 1.05 bits per heavy atom. The molecule has 0 aromatic carbocycles. The molecule has 0 aromatic heterocycles. The molecule has 0 radical (unpaired) electrons. The van der Waals surface area contributed by atoms with E-state index < -0.39 is 11.6 Å². The molecule has 0 bridgehead atoms. The normalized spacial score (nSPS) is 38.2. The largest absolute Gasteiger partial charge is 0.478 e. The van der Waals surface area contributed by atoms with E-state index in [1.165, 1.54) is 0 Å². The summed E-state index contributed by atoms with van der Waals surface area (Å²) in [5.41, 5.74) is -1.29. The molecule has 0 aromatic rings. The van der Waals surface area contributed by atoms with Crippen molar-refractivity contribution in [3.8, 4) is 0 Å². The zero-order chi connectivity index (χ0) is 14.8. The van der Waals surface area contributed by atoms with Gasteiger partial charge in [-0.3, -0.25) is 4.79 Å². The smallest absolute Gasteiger partial charge is 0.348 e. The van der Waals surface area contributed by atoms with E-state index in [0.717, 1.165) is 44.9 Å². The van der Waals surface area contributed by atoms with Gasteiger partial charge in [0.2, 0.25) is 5.60 Å². The molecule has 0 spiro atoms. The van der Waals surface area contributed by atoms with Crippen molar-refractivity contribution < 1.29 is 19.4 Å². The van der Waals surface area contributed by atoms with E-state index in [4.69, 9.17) is 4.74 Å². The van der Waals surface area contributed by atoms with Gasteiger partial charge in [-0.1, -0.05) is 33.1 Å². The summed E-state index contributed by atoms with van der Waals surface area (Å²) in [5, 5.41) is 9.60. The first-order valence-electron chi connectivity index (χ1n) is 7.93. The second-order valence-corrected chi connectivity index (χ2v) is 6.63. The number of ether oxygens (including phenoxy) is 1. The Morgan fingerprint density at radius 2 is 1.70 bits per heavy atom. The zero-order valence-electron chi connectivity index (χ0n) is 12.6. The third-order valence-electron chi connectivity index (χ3n) is 5.29. The maximum absolute atomic E-state index is 12.4. The van der Waals surface area contributed by atoms with Gasteiger partial charge in [-0.25, -0.2) is 4.79 Å². The molecular formula is C16H26O4. The minimum Gasteiger partial charge on any atom is -0.478 e. The summed E-state index contributed by atoms with van der Waals surface area (Å²) in [7, 11) is 0. The zero-order valence-corrected chi connectivity index (χ0v) is 12.6. The first kappa shape index (κ1) is 15.3. The van der Waals surface area contributed by atoms with Crippen LogP contribution in [0.3, 0.4) is 0 Å². The summed E-state index contributed by atoms with van der Waals surface area (Å²) >= 11 is 0.